The van der Waals surface area contributed by atoms with Crippen molar-refractivity contribution in [2.45, 2.75) is 32.1 Å². The number of imide groups is 1. The molecule has 2 aromatic rings. The topological polar surface area (TPSA) is 135 Å². The number of nitro groups is 1. The Labute approximate surface area is 235 Å². The number of allylic oxidation sites excluding steroid dienone is 7. The number of nitrogens with zero attached hydrogens (tertiary/aromatic N) is 2. The lowest BCUT2D eigenvalue weighted by Gasteiger charge is -2.42. The summed E-state index contributed by atoms with van der Waals surface area (Å²) in [5.74, 6) is -4.22. The average Bonchev–Trinajstić information content (AvgIpc) is 3.21. The number of rotatable bonds is 5. The third-order valence-corrected chi connectivity index (χ3v) is 8.71. The van der Waals surface area contributed by atoms with Crippen LogP contribution in [0.5, 0.6) is 5.75 Å². The number of aromatic hydroxyl groups is 1. The van der Waals surface area contributed by atoms with Gasteiger partial charge < -0.3 is 5.11 Å². The van der Waals surface area contributed by atoms with Gasteiger partial charge in [-0.15, -0.1) is 6.58 Å². The highest BCUT2D eigenvalue weighted by molar-refractivity contribution is 6.25. The van der Waals surface area contributed by atoms with Gasteiger partial charge in [-0.3, -0.25) is 34.2 Å². The molecular formula is C32H26N2O7. The van der Waals surface area contributed by atoms with E-state index >= 15 is 0 Å². The van der Waals surface area contributed by atoms with Crippen molar-refractivity contribution < 1.29 is 29.2 Å². The molecule has 2 amide bonds. The zero-order valence-corrected chi connectivity index (χ0v) is 22.2. The van der Waals surface area contributed by atoms with Crippen LogP contribution in [-0.2, 0) is 25.6 Å². The van der Waals surface area contributed by atoms with E-state index in [2.05, 4.69) is 6.58 Å². The van der Waals surface area contributed by atoms with Crippen LogP contribution in [0.1, 0.15) is 36.8 Å². The smallest absolute Gasteiger partial charge is 0.269 e. The van der Waals surface area contributed by atoms with Gasteiger partial charge in [0.1, 0.15) is 5.75 Å². The number of hydrogen-bond donors (Lipinski definition) is 1. The van der Waals surface area contributed by atoms with Crippen molar-refractivity contribution in [2.24, 2.45) is 17.8 Å². The monoisotopic (exact) mass is 550 g/mol. The molecule has 0 unspecified atom stereocenters. The Kier molecular flexibility index (Phi) is 6.17. The van der Waals surface area contributed by atoms with E-state index in [-0.39, 0.29) is 41.5 Å². The number of hydrogen-bond acceptors (Lipinski definition) is 7. The second kappa shape index (κ2) is 9.62. The van der Waals surface area contributed by atoms with Crippen LogP contribution in [0.15, 0.2) is 89.6 Å². The van der Waals surface area contributed by atoms with Crippen molar-refractivity contribution in [3.8, 4) is 5.75 Å². The molecule has 0 aromatic heterocycles. The molecule has 41 heavy (non-hydrogen) atoms. The molecular weight excluding hydrogens is 524 g/mol. The predicted octanol–water partition coefficient (Wildman–Crippen LogP) is 4.66. The zero-order chi connectivity index (χ0) is 29.2. The van der Waals surface area contributed by atoms with E-state index in [0.29, 0.717) is 34.3 Å². The summed E-state index contributed by atoms with van der Waals surface area (Å²) in [7, 11) is 0. The largest absolute Gasteiger partial charge is 0.507 e. The zero-order valence-electron chi connectivity index (χ0n) is 22.2. The van der Waals surface area contributed by atoms with Crippen molar-refractivity contribution in [3.05, 3.63) is 111 Å². The van der Waals surface area contributed by atoms with Gasteiger partial charge >= 0.3 is 0 Å². The molecule has 1 heterocycles. The first-order valence-electron chi connectivity index (χ1n) is 13.4. The Bertz CT molecular complexity index is 1680. The van der Waals surface area contributed by atoms with Crippen LogP contribution in [0.3, 0.4) is 0 Å². The van der Waals surface area contributed by atoms with E-state index in [1.807, 2.05) is 6.08 Å². The normalized spacial score (nSPS) is 25.3. The number of carbonyl (C=O) groups excluding carboxylic acids is 4. The highest BCUT2D eigenvalue weighted by atomic mass is 16.6. The third-order valence-electron chi connectivity index (χ3n) is 8.71. The van der Waals surface area contributed by atoms with Gasteiger partial charge in [0.2, 0.25) is 11.8 Å². The quantitative estimate of drug-likeness (QED) is 0.188. The first kappa shape index (κ1) is 26.3. The summed E-state index contributed by atoms with van der Waals surface area (Å²) in [6.45, 7) is 5.33. The van der Waals surface area contributed by atoms with Gasteiger partial charge in [0.15, 0.2) is 11.6 Å². The fraction of sp³-hybridized carbons (Fsp3) is 0.250. The summed E-state index contributed by atoms with van der Waals surface area (Å²) >= 11 is 0. The van der Waals surface area contributed by atoms with Crippen molar-refractivity contribution in [1.82, 2.24) is 0 Å². The molecule has 0 bridgehead atoms. The van der Waals surface area contributed by atoms with Gasteiger partial charge in [-0.25, -0.2) is 0 Å². The fourth-order valence-electron chi connectivity index (χ4n) is 6.88. The molecule has 0 spiro atoms. The van der Waals surface area contributed by atoms with Gasteiger partial charge in [0, 0.05) is 40.3 Å². The van der Waals surface area contributed by atoms with Crippen LogP contribution in [0.2, 0.25) is 0 Å². The molecule has 4 aliphatic rings. The van der Waals surface area contributed by atoms with Gasteiger partial charge in [-0.05, 0) is 55.9 Å². The lowest BCUT2D eigenvalue weighted by Crippen LogP contribution is -2.39. The number of para-hydroxylation sites is 1. The van der Waals surface area contributed by atoms with Crippen LogP contribution in [0.25, 0.3) is 0 Å². The fourth-order valence-corrected chi connectivity index (χ4v) is 6.88. The molecule has 6 rings (SSSR count). The van der Waals surface area contributed by atoms with Gasteiger partial charge in [-0.1, -0.05) is 35.9 Å². The molecule has 206 valence electrons. The maximum atomic E-state index is 13.9. The van der Waals surface area contributed by atoms with Crippen LogP contribution in [0, 0.1) is 27.9 Å². The van der Waals surface area contributed by atoms with Crippen LogP contribution in [-0.4, -0.2) is 33.4 Å². The lowest BCUT2D eigenvalue weighted by molar-refractivity contribution is -0.384. The molecule has 0 radical (unpaired) electrons. The maximum absolute atomic E-state index is 13.9. The number of phenolic OH excluding ortho intramolecular Hbond substituents is 1. The lowest BCUT2D eigenvalue weighted by atomic mass is 9.59. The highest BCUT2D eigenvalue weighted by Crippen LogP contribution is 2.56. The van der Waals surface area contributed by atoms with Gasteiger partial charge in [0.25, 0.3) is 5.69 Å². The summed E-state index contributed by atoms with van der Waals surface area (Å²) in [5, 5.41) is 22.4. The van der Waals surface area contributed by atoms with E-state index in [9.17, 15) is 34.4 Å². The third kappa shape index (κ3) is 3.91. The molecule has 3 aliphatic carbocycles. The number of amides is 2. The van der Waals surface area contributed by atoms with Crippen LogP contribution < -0.4 is 4.90 Å². The average molecular weight is 551 g/mol. The van der Waals surface area contributed by atoms with Gasteiger partial charge in [-0.2, -0.15) is 0 Å². The number of non-ortho nitro benzene ring substituents is 1. The van der Waals surface area contributed by atoms with E-state index in [1.165, 1.54) is 30.3 Å². The molecule has 2 aromatic carbocycles. The molecule has 1 saturated heterocycles. The standard InChI is InChI=1S/C32H26N2O7/c1-3-5-17-6-4-7-21(30(17)37)26-20-12-13-22-27(23(20)15-24-28(26)25(35)14-16(2)29(24)36)32(39)33(31(22)38)18-8-10-19(11-9-18)34(40)41/h3-4,6-12,14,22-23,26-27,37H,1,5,13,15H2,2H3/t22-,23+,26+,27-/m0/s1. The number of carbonyl (C=O) groups is 4. The summed E-state index contributed by atoms with van der Waals surface area (Å²) in [6, 6.07) is 10.5. The minimum atomic E-state index is -0.790. The second-order valence-corrected chi connectivity index (χ2v) is 10.9. The van der Waals surface area contributed by atoms with Crippen LogP contribution in [0.4, 0.5) is 11.4 Å². The number of phenols is 1. The minimum absolute atomic E-state index is 0.000721. The molecule has 9 heteroatoms. The summed E-state index contributed by atoms with van der Waals surface area (Å²) in [5.41, 5.74) is 2.81. The molecule has 9 nitrogen and oxygen atoms in total. The Morgan fingerprint density at radius 3 is 2.49 bits per heavy atom. The van der Waals surface area contributed by atoms with Crippen molar-refractivity contribution >= 4 is 34.8 Å². The van der Waals surface area contributed by atoms with E-state index in [0.717, 1.165) is 10.5 Å². The first-order valence-corrected chi connectivity index (χ1v) is 13.4. The Morgan fingerprint density at radius 2 is 1.80 bits per heavy atom. The number of anilines is 1. The number of fused-ring (bicyclic) bond motifs is 3. The van der Waals surface area contributed by atoms with Crippen molar-refractivity contribution in [1.29, 1.82) is 0 Å². The Hall–Kier alpha value is -4.92. The number of benzene rings is 2. The summed E-state index contributed by atoms with van der Waals surface area (Å²) < 4.78 is 0. The Morgan fingerprint density at radius 1 is 1.07 bits per heavy atom. The number of ketones is 2. The number of nitro benzene ring substituents is 1. The summed E-state index contributed by atoms with van der Waals surface area (Å²) in [4.78, 5) is 66.0. The van der Waals surface area contributed by atoms with Gasteiger partial charge in [0.05, 0.1) is 22.4 Å². The molecule has 4 atom stereocenters. The van der Waals surface area contributed by atoms with Crippen molar-refractivity contribution in [3.63, 3.8) is 0 Å². The van der Waals surface area contributed by atoms with Crippen LogP contribution >= 0.6 is 0 Å². The Balaban J connectivity index is 1.47. The minimum Gasteiger partial charge on any atom is -0.507 e. The van der Waals surface area contributed by atoms with E-state index in [1.54, 1.807) is 31.2 Å². The summed E-state index contributed by atoms with van der Waals surface area (Å²) in [6.07, 6.45) is 5.63. The molecule has 1 fully saturated rings. The predicted molar refractivity (Wildman–Crippen MR) is 149 cm³/mol. The van der Waals surface area contributed by atoms with E-state index in [4.69, 9.17) is 0 Å². The van der Waals surface area contributed by atoms with E-state index < -0.39 is 40.4 Å². The molecule has 0 saturated carbocycles. The second-order valence-electron chi connectivity index (χ2n) is 10.9. The highest BCUT2D eigenvalue weighted by Gasteiger charge is 2.56. The molecule has 1 N–H and O–H groups in total. The van der Waals surface area contributed by atoms with Crippen molar-refractivity contribution in [2.75, 3.05) is 4.90 Å². The SMILES string of the molecule is C=CCc1cccc([C@H]2C3=CC[C@@H]4C(=O)N(c5ccc([N+](=O)[O-])cc5)C(=O)[C@@H]4[C@@H]3CC3=C2C(=O)C=C(C)C3=O)c1O. The first-order chi connectivity index (χ1) is 19.6. The number of Topliss-reactive ketones (excluding diaryl/α,β-unsaturated/α-hetero) is 1. The molecule has 1 aliphatic heterocycles. The maximum Gasteiger partial charge on any atom is 0.269 e.